The van der Waals surface area contributed by atoms with Crippen LogP contribution in [-0.2, 0) is 36.8 Å². The standard InChI is InChI=1S/C20H23NO6.C14H14O6.C6H12BNO3.C4H10/c1-13(22)10-14-11-19(23)27-18-12-15(5-6-16(14)18)25-8-3-9-26-20(24)17-4-2-7-21-17;15-4-1-5-19-10-2-3-11-9(6-13(16)17)7-14(18)20-12(11)8-10;1-7(11)8-4-2-3-5(8)6(9)10;1-4(2)3/h5-6,11-12,17,21H,2-4,7-10H2,1H3;2-3,7-8,15H,1,4-6H2,(H,16,17);5,11H,2-4H2,1H3,(H,9,10);4H,1-3H3. The second-order valence-corrected chi connectivity index (χ2v) is 15.5. The zero-order valence-corrected chi connectivity index (χ0v) is 36.1. The first-order chi connectivity index (χ1) is 29.5. The van der Waals surface area contributed by atoms with Crippen LogP contribution in [-0.4, -0.2) is 107 Å². The Morgan fingerprint density at radius 1 is 0.823 bits per heavy atom. The molecule has 5 N–H and O–H groups in total. The minimum Gasteiger partial charge on any atom is -0.493 e. The molecule has 18 heteroatoms. The third-order valence-corrected chi connectivity index (χ3v) is 9.16. The summed E-state index contributed by atoms with van der Waals surface area (Å²) in [5, 5.41) is 39.7. The number of benzene rings is 2. The van der Waals surface area contributed by atoms with Gasteiger partial charge in [0, 0.05) is 60.9 Å². The summed E-state index contributed by atoms with van der Waals surface area (Å²) in [7, 11) is -0.640. The number of Topliss-reactive ketones (excluding diaryl/α,β-unsaturated/α-hetero) is 1. The Morgan fingerprint density at radius 2 is 1.37 bits per heavy atom. The van der Waals surface area contributed by atoms with E-state index in [4.69, 9.17) is 43.4 Å². The van der Waals surface area contributed by atoms with E-state index in [9.17, 15) is 28.8 Å². The molecule has 0 radical (unpaired) electrons. The largest absolute Gasteiger partial charge is 0.493 e. The van der Waals surface area contributed by atoms with Gasteiger partial charge < -0.3 is 53.5 Å². The minimum atomic E-state index is -1.01. The van der Waals surface area contributed by atoms with Gasteiger partial charge in [-0.3, -0.25) is 19.2 Å². The van der Waals surface area contributed by atoms with E-state index in [0.717, 1.165) is 37.1 Å². The van der Waals surface area contributed by atoms with Crippen molar-refractivity contribution in [3.05, 3.63) is 80.5 Å². The molecule has 17 nitrogen and oxygen atoms in total. The number of rotatable bonds is 16. The average Bonchev–Trinajstić information content (AvgIpc) is 3.92. The zero-order valence-electron chi connectivity index (χ0n) is 36.1. The van der Waals surface area contributed by atoms with Crippen molar-refractivity contribution in [3.8, 4) is 11.5 Å². The molecule has 338 valence electrons. The lowest BCUT2D eigenvalue weighted by atomic mass is 9.84. The van der Waals surface area contributed by atoms with Gasteiger partial charge in [0.25, 0.3) is 0 Å². The predicted molar refractivity (Wildman–Crippen MR) is 232 cm³/mol. The molecule has 0 spiro atoms. The third kappa shape index (κ3) is 17.4. The van der Waals surface area contributed by atoms with Gasteiger partial charge >= 0.3 is 36.2 Å². The summed E-state index contributed by atoms with van der Waals surface area (Å²) in [4.78, 5) is 69.2. The number of carbonyl (C=O) groups is 4. The van der Waals surface area contributed by atoms with Crippen molar-refractivity contribution in [1.29, 1.82) is 0 Å². The fourth-order valence-corrected chi connectivity index (χ4v) is 6.49. The normalized spacial score (nSPS) is 15.7. The number of aliphatic hydroxyl groups is 1. The predicted octanol–water partition coefficient (Wildman–Crippen LogP) is 4.48. The molecular weight excluding hydrogens is 807 g/mol. The molecule has 4 heterocycles. The monoisotopic (exact) mass is 866 g/mol. The van der Waals surface area contributed by atoms with Crippen molar-refractivity contribution in [1.82, 2.24) is 10.1 Å². The number of ketones is 1. The molecule has 62 heavy (non-hydrogen) atoms. The fourth-order valence-electron chi connectivity index (χ4n) is 6.49. The van der Waals surface area contributed by atoms with Gasteiger partial charge in [0.15, 0.2) is 0 Å². The van der Waals surface area contributed by atoms with Crippen molar-refractivity contribution in [2.45, 2.75) is 98.0 Å². The van der Waals surface area contributed by atoms with Crippen LogP contribution in [0.4, 0.5) is 0 Å². The second-order valence-electron chi connectivity index (χ2n) is 15.5. The molecule has 2 aliphatic rings. The van der Waals surface area contributed by atoms with Gasteiger partial charge in [-0.15, -0.1) is 0 Å². The van der Waals surface area contributed by atoms with Crippen LogP contribution < -0.4 is 26.0 Å². The molecule has 2 unspecified atom stereocenters. The zero-order chi connectivity index (χ0) is 45.8. The van der Waals surface area contributed by atoms with E-state index in [-0.39, 0.29) is 42.8 Å². The first kappa shape index (κ1) is 50.8. The molecule has 2 atom stereocenters. The van der Waals surface area contributed by atoms with Crippen molar-refractivity contribution < 1.29 is 62.6 Å². The van der Waals surface area contributed by atoms with Gasteiger partial charge in [-0.05, 0) is 93.8 Å². The smallest absolute Gasteiger partial charge is 0.377 e. The van der Waals surface area contributed by atoms with Crippen molar-refractivity contribution in [2.75, 3.05) is 39.5 Å². The number of carbonyl (C=O) groups excluding carboxylic acids is 2. The molecule has 0 aliphatic carbocycles. The van der Waals surface area contributed by atoms with Gasteiger partial charge in [-0.1, -0.05) is 20.8 Å². The Morgan fingerprint density at radius 3 is 1.82 bits per heavy atom. The van der Waals surface area contributed by atoms with Crippen LogP contribution in [0.2, 0.25) is 6.82 Å². The van der Waals surface area contributed by atoms with E-state index >= 15 is 0 Å². The maximum absolute atomic E-state index is 11.8. The van der Waals surface area contributed by atoms with E-state index in [1.807, 2.05) is 0 Å². The maximum atomic E-state index is 11.8. The highest BCUT2D eigenvalue weighted by Gasteiger charge is 2.34. The summed E-state index contributed by atoms with van der Waals surface area (Å²) in [6.45, 7) is 12.2. The van der Waals surface area contributed by atoms with E-state index in [0.29, 0.717) is 79.2 Å². The lowest BCUT2D eigenvalue weighted by Crippen LogP contribution is -2.44. The number of aliphatic hydroxyl groups excluding tert-OH is 1. The van der Waals surface area contributed by atoms with E-state index in [1.165, 1.54) is 19.1 Å². The molecule has 2 aromatic carbocycles. The van der Waals surface area contributed by atoms with Crippen molar-refractivity contribution in [2.24, 2.45) is 5.92 Å². The summed E-state index contributed by atoms with van der Waals surface area (Å²) >= 11 is 0. The Hall–Kier alpha value is -5.56. The first-order valence-electron chi connectivity index (χ1n) is 20.8. The van der Waals surface area contributed by atoms with Crippen LogP contribution in [0.5, 0.6) is 11.5 Å². The maximum Gasteiger partial charge on any atom is 0.377 e. The average molecular weight is 867 g/mol. The number of ether oxygens (including phenoxy) is 3. The van der Waals surface area contributed by atoms with Gasteiger partial charge in [0.2, 0.25) is 0 Å². The number of nitrogens with one attached hydrogen (secondary N) is 1. The van der Waals surface area contributed by atoms with E-state index in [2.05, 4.69) is 26.1 Å². The highest BCUT2D eigenvalue weighted by molar-refractivity contribution is 6.45. The quantitative estimate of drug-likeness (QED) is 0.0451. The SMILES string of the molecule is CB(O)N1CCCC1C(=O)O.CC(=O)Cc1cc(=O)oc2cc(OCCCOC(=O)C3CCCN3)ccc12.CC(C)C.O=C(O)Cc1cc(=O)oc2cc(OCCCO)ccc12. The van der Waals surface area contributed by atoms with E-state index < -0.39 is 36.3 Å². The first-order valence-corrected chi connectivity index (χ1v) is 20.8. The number of fused-ring (bicyclic) bond motifs is 2. The number of hydrogen-bond donors (Lipinski definition) is 5. The van der Waals surface area contributed by atoms with Crippen molar-refractivity contribution in [3.63, 3.8) is 0 Å². The van der Waals surface area contributed by atoms with Gasteiger partial charge in [0.05, 0.1) is 26.2 Å². The highest BCUT2D eigenvalue weighted by atomic mass is 16.5. The molecule has 2 saturated heterocycles. The summed E-state index contributed by atoms with van der Waals surface area (Å²) in [5.74, 6) is -0.192. The lowest BCUT2D eigenvalue weighted by Gasteiger charge is -2.21. The summed E-state index contributed by atoms with van der Waals surface area (Å²) in [5.41, 5.74) is 0.633. The molecule has 0 amide bonds. The van der Waals surface area contributed by atoms with E-state index in [1.54, 1.807) is 48.0 Å². The molecule has 2 aromatic heterocycles. The number of carboxylic acid groups (broad SMARTS) is 2. The van der Waals surface area contributed by atoms with Crippen molar-refractivity contribution >= 4 is 52.7 Å². The summed E-state index contributed by atoms with van der Waals surface area (Å²) in [6, 6.07) is 11.9. The fraction of sp³-hybridized carbons (Fsp3) is 0.500. The van der Waals surface area contributed by atoms with Gasteiger partial charge in [0.1, 0.15) is 40.5 Å². The Bertz CT molecular complexity index is 2190. The molecule has 6 rings (SSSR count). The number of hydrogen-bond acceptors (Lipinski definition) is 15. The number of esters is 1. The number of nitrogens with zero attached hydrogens (tertiary/aromatic N) is 1. The minimum absolute atomic E-state index is 0.0235. The molecule has 0 bridgehead atoms. The topological polar surface area (TPSA) is 253 Å². The van der Waals surface area contributed by atoms with Crippen LogP contribution in [0.15, 0.2) is 67.0 Å². The van der Waals surface area contributed by atoms with Crippen LogP contribution in [0, 0.1) is 5.92 Å². The molecular formula is C44H59BN2O15. The molecule has 2 aliphatic heterocycles. The van der Waals surface area contributed by atoms with Gasteiger partial charge in [-0.25, -0.2) is 9.59 Å². The molecule has 4 aromatic rings. The summed E-state index contributed by atoms with van der Waals surface area (Å²) < 4.78 is 26.5. The Balaban J connectivity index is 0.000000255. The molecule has 0 saturated carbocycles. The van der Waals surface area contributed by atoms with Crippen LogP contribution >= 0.6 is 0 Å². The van der Waals surface area contributed by atoms with Crippen LogP contribution in [0.3, 0.4) is 0 Å². The van der Waals surface area contributed by atoms with Gasteiger partial charge in [-0.2, -0.15) is 0 Å². The Kier molecular flexibility index (Phi) is 21.3. The summed E-state index contributed by atoms with van der Waals surface area (Å²) in [6.07, 6.45) is 4.34. The number of aliphatic carboxylic acids is 2. The second kappa shape index (κ2) is 26.0. The third-order valence-electron chi connectivity index (χ3n) is 9.16. The lowest BCUT2D eigenvalue weighted by molar-refractivity contribution is -0.146. The van der Waals surface area contributed by atoms with Crippen LogP contribution in [0.1, 0.15) is 77.3 Å². The van der Waals surface area contributed by atoms with Crippen LogP contribution in [0.25, 0.3) is 21.9 Å². The Labute approximate surface area is 360 Å². The highest BCUT2D eigenvalue weighted by Crippen LogP contribution is 2.25. The number of carboxylic acids is 2. The molecule has 2 fully saturated rings.